The molecule has 4 nitrogen and oxygen atoms in total. The quantitative estimate of drug-likeness (QED) is 0.833. The van der Waals surface area contributed by atoms with Crippen LogP contribution in [-0.4, -0.2) is 57.7 Å². The maximum atomic E-state index is 11.5. The Morgan fingerprint density at radius 2 is 1.84 bits per heavy atom. The van der Waals surface area contributed by atoms with E-state index in [-0.39, 0.29) is 0 Å². The summed E-state index contributed by atoms with van der Waals surface area (Å²) in [5.41, 5.74) is 1.14. The van der Waals surface area contributed by atoms with Crippen LogP contribution in [0.25, 0.3) is 0 Å². The molecule has 0 radical (unpaired) electrons. The molecule has 0 aromatic heterocycles. The number of sulfone groups is 1. The van der Waals surface area contributed by atoms with Crippen LogP contribution in [0.4, 0.5) is 0 Å². The number of rotatable bonds is 3. The monoisotopic (exact) mass is 346 g/mol. The van der Waals surface area contributed by atoms with Crippen LogP contribution in [0.5, 0.6) is 0 Å². The van der Waals surface area contributed by atoms with Crippen LogP contribution in [0.3, 0.4) is 0 Å². The van der Waals surface area contributed by atoms with Crippen LogP contribution in [-0.2, 0) is 16.4 Å². The highest BCUT2D eigenvalue weighted by atomic mass is 79.9. The zero-order chi connectivity index (χ0) is 14.0. The van der Waals surface area contributed by atoms with E-state index in [0.717, 1.165) is 42.8 Å². The second-order valence-corrected chi connectivity index (χ2v) is 7.97. The summed E-state index contributed by atoms with van der Waals surface area (Å²) in [7, 11) is -1.000. The molecule has 19 heavy (non-hydrogen) atoms. The molecule has 1 saturated heterocycles. The molecule has 0 unspecified atom stereocenters. The summed E-state index contributed by atoms with van der Waals surface area (Å²) < 4.78 is 23.8. The van der Waals surface area contributed by atoms with Crippen molar-refractivity contribution in [2.45, 2.75) is 11.4 Å². The molecule has 2 rings (SSSR count). The van der Waals surface area contributed by atoms with Gasteiger partial charge in [-0.3, -0.25) is 4.90 Å². The highest BCUT2D eigenvalue weighted by Crippen LogP contribution is 2.23. The number of piperazine rings is 1. The Labute approximate surface area is 123 Å². The van der Waals surface area contributed by atoms with Gasteiger partial charge in [0, 0.05) is 43.5 Å². The van der Waals surface area contributed by atoms with Gasteiger partial charge in [-0.2, -0.15) is 0 Å². The van der Waals surface area contributed by atoms with Crippen LogP contribution in [0.1, 0.15) is 5.56 Å². The first-order valence-electron chi connectivity index (χ1n) is 6.25. The first-order valence-corrected chi connectivity index (χ1v) is 8.94. The van der Waals surface area contributed by atoms with Crippen molar-refractivity contribution in [2.24, 2.45) is 0 Å². The van der Waals surface area contributed by atoms with E-state index in [4.69, 9.17) is 0 Å². The lowest BCUT2D eigenvalue weighted by Crippen LogP contribution is -2.43. The van der Waals surface area contributed by atoms with Crippen molar-refractivity contribution in [3.05, 3.63) is 28.2 Å². The minimum atomic E-state index is -3.13. The third kappa shape index (κ3) is 4.02. The Morgan fingerprint density at radius 3 is 2.37 bits per heavy atom. The number of likely N-dealkylation sites (N-methyl/N-ethyl adjacent to an activating group) is 1. The van der Waals surface area contributed by atoms with Crippen LogP contribution < -0.4 is 0 Å². The Kier molecular flexibility index (Phi) is 4.66. The van der Waals surface area contributed by atoms with E-state index in [1.54, 1.807) is 12.1 Å². The molecule has 0 saturated carbocycles. The molecule has 1 aliphatic heterocycles. The predicted octanol–water partition coefficient (Wildman–Crippen LogP) is 1.60. The smallest absolute Gasteiger partial charge is 0.175 e. The Hall–Kier alpha value is -0.430. The molecular weight excluding hydrogens is 328 g/mol. The van der Waals surface area contributed by atoms with Gasteiger partial charge in [-0.15, -0.1) is 0 Å². The van der Waals surface area contributed by atoms with Gasteiger partial charge in [0.15, 0.2) is 9.84 Å². The molecule has 0 spiro atoms. The molecule has 1 heterocycles. The summed E-state index contributed by atoms with van der Waals surface area (Å²) in [5.74, 6) is 0. The van der Waals surface area contributed by atoms with Gasteiger partial charge in [-0.25, -0.2) is 8.42 Å². The summed E-state index contributed by atoms with van der Waals surface area (Å²) in [4.78, 5) is 5.07. The SMILES string of the molecule is CN1CCN(Cc2ccc(S(C)(=O)=O)cc2Br)CC1. The number of halogens is 1. The van der Waals surface area contributed by atoms with Crippen molar-refractivity contribution >= 4 is 25.8 Å². The topological polar surface area (TPSA) is 40.6 Å². The number of hydrogen-bond donors (Lipinski definition) is 0. The van der Waals surface area contributed by atoms with E-state index in [0.29, 0.717) is 4.90 Å². The molecule has 0 atom stereocenters. The van der Waals surface area contributed by atoms with E-state index < -0.39 is 9.84 Å². The molecule has 0 bridgehead atoms. The molecule has 1 fully saturated rings. The first-order chi connectivity index (χ1) is 8.86. The molecule has 106 valence electrons. The minimum absolute atomic E-state index is 0.363. The van der Waals surface area contributed by atoms with Crippen LogP contribution in [0, 0.1) is 0 Å². The van der Waals surface area contributed by atoms with Gasteiger partial charge in [0.25, 0.3) is 0 Å². The summed E-state index contributed by atoms with van der Waals surface area (Å²) >= 11 is 3.48. The van der Waals surface area contributed by atoms with Gasteiger partial charge in [0.2, 0.25) is 0 Å². The van der Waals surface area contributed by atoms with Gasteiger partial charge in [-0.1, -0.05) is 22.0 Å². The summed E-state index contributed by atoms with van der Waals surface area (Å²) in [6, 6.07) is 5.28. The predicted molar refractivity (Wildman–Crippen MR) is 80.0 cm³/mol. The normalized spacial score (nSPS) is 18.7. The van der Waals surface area contributed by atoms with Crippen molar-refractivity contribution in [1.29, 1.82) is 0 Å². The highest BCUT2D eigenvalue weighted by Gasteiger charge is 2.16. The number of hydrogen-bond acceptors (Lipinski definition) is 4. The fourth-order valence-corrected chi connectivity index (χ4v) is 3.44. The van der Waals surface area contributed by atoms with E-state index in [1.807, 2.05) is 6.07 Å². The molecule has 1 aliphatic rings. The maximum absolute atomic E-state index is 11.5. The van der Waals surface area contributed by atoms with Crippen molar-refractivity contribution < 1.29 is 8.42 Å². The van der Waals surface area contributed by atoms with E-state index in [1.165, 1.54) is 6.26 Å². The van der Waals surface area contributed by atoms with Gasteiger partial charge in [-0.05, 0) is 24.7 Å². The van der Waals surface area contributed by atoms with Crippen molar-refractivity contribution in [1.82, 2.24) is 9.80 Å². The molecule has 0 N–H and O–H groups in total. The van der Waals surface area contributed by atoms with Crippen molar-refractivity contribution in [2.75, 3.05) is 39.5 Å². The first kappa shape index (κ1) is 15.0. The van der Waals surface area contributed by atoms with Gasteiger partial charge in [0.05, 0.1) is 4.90 Å². The third-order valence-corrected chi connectivity index (χ3v) is 5.29. The van der Waals surface area contributed by atoms with Crippen molar-refractivity contribution in [3.8, 4) is 0 Å². The maximum Gasteiger partial charge on any atom is 0.175 e. The zero-order valence-corrected chi connectivity index (χ0v) is 13.7. The third-order valence-electron chi connectivity index (χ3n) is 3.44. The average Bonchev–Trinajstić information content (AvgIpc) is 2.33. The second-order valence-electron chi connectivity index (χ2n) is 5.10. The molecule has 6 heteroatoms. The van der Waals surface area contributed by atoms with Gasteiger partial charge < -0.3 is 4.90 Å². The van der Waals surface area contributed by atoms with Gasteiger partial charge >= 0.3 is 0 Å². The van der Waals surface area contributed by atoms with E-state index in [2.05, 4.69) is 32.8 Å². The highest BCUT2D eigenvalue weighted by molar-refractivity contribution is 9.10. The number of benzene rings is 1. The van der Waals surface area contributed by atoms with Crippen LogP contribution in [0.15, 0.2) is 27.6 Å². The zero-order valence-electron chi connectivity index (χ0n) is 11.3. The Balaban J connectivity index is 2.09. The fourth-order valence-electron chi connectivity index (χ4n) is 2.13. The fraction of sp³-hybridized carbons (Fsp3) is 0.538. The molecule has 0 amide bonds. The average molecular weight is 347 g/mol. The van der Waals surface area contributed by atoms with Crippen molar-refractivity contribution in [3.63, 3.8) is 0 Å². The lowest BCUT2D eigenvalue weighted by Gasteiger charge is -2.32. The Bertz CT molecular complexity index is 552. The number of nitrogens with zero attached hydrogens (tertiary/aromatic N) is 2. The lowest BCUT2D eigenvalue weighted by atomic mass is 10.2. The largest absolute Gasteiger partial charge is 0.304 e. The van der Waals surface area contributed by atoms with E-state index in [9.17, 15) is 8.42 Å². The summed E-state index contributed by atoms with van der Waals surface area (Å²) in [6.45, 7) is 5.13. The summed E-state index contributed by atoms with van der Waals surface area (Å²) in [5, 5.41) is 0. The Morgan fingerprint density at radius 1 is 1.21 bits per heavy atom. The summed E-state index contributed by atoms with van der Waals surface area (Å²) in [6.07, 6.45) is 1.23. The van der Waals surface area contributed by atoms with Crippen LogP contribution in [0.2, 0.25) is 0 Å². The van der Waals surface area contributed by atoms with E-state index >= 15 is 0 Å². The lowest BCUT2D eigenvalue weighted by molar-refractivity contribution is 0.148. The second kappa shape index (κ2) is 5.91. The molecular formula is C13H19BrN2O2S. The van der Waals surface area contributed by atoms with Crippen LogP contribution >= 0.6 is 15.9 Å². The standard InChI is InChI=1S/C13H19BrN2O2S/c1-15-5-7-16(8-6-15)10-11-3-4-12(9-13(11)14)19(2,17)18/h3-4,9H,5-8,10H2,1-2H3. The van der Waals surface area contributed by atoms with Gasteiger partial charge in [0.1, 0.15) is 0 Å². The molecule has 1 aromatic rings. The minimum Gasteiger partial charge on any atom is -0.304 e. The molecule has 0 aliphatic carbocycles. The molecule has 1 aromatic carbocycles.